The van der Waals surface area contributed by atoms with Gasteiger partial charge in [0.1, 0.15) is 0 Å². The van der Waals surface area contributed by atoms with E-state index >= 15 is 0 Å². The summed E-state index contributed by atoms with van der Waals surface area (Å²) >= 11 is 0. The van der Waals surface area contributed by atoms with E-state index in [0.29, 0.717) is 6.04 Å². The predicted molar refractivity (Wildman–Crippen MR) is 69.5 cm³/mol. The number of methoxy groups -OCH3 is 3. The first-order valence-corrected chi connectivity index (χ1v) is 6.21. The summed E-state index contributed by atoms with van der Waals surface area (Å²) < 4.78 is 15.5. The van der Waals surface area contributed by atoms with Crippen LogP contribution in [-0.2, 0) is 14.2 Å². The molecular formula is C12H28N2O3. The van der Waals surface area contributed by atoms with Crippen LogP contribution >= 0.6 is 0 Å². The molecule has 0 amide bonds. The van der Waals surface area contributed by atoms with Crippen LogP contribution in [-0.4, -0.2) is 78.3 Å². The molecule has 104 valence electrons. The molecule has 0 aliphatic rings. The summed E-state index contributed by atoms with van der Waals surface area (Å²) in [5.41, 5.74) is 0. The van der Waals surface area contributed by atoms with Crippen LogP contribution in [0.2, 0.25) is 0 Å². The van der Waals surface area contributed by atoms with Crippen LogP contribution in [0.5, 0.6) is 0 Å². The van der Waals surface area contributed by atoms with E-state index < -0.39 is 0 Å². The number of rotatable bonds is 12. The van der Waals surface area contributed by atoms with Gasteiger partial charge < -0.3 is 19.5 Å². The zero-order valence-corrected chi connectivity index (χ0v) is 11.7. The van der Waals surface area contributed by atoms with E-state index in [4.69, 9.17) is 14.2 Å². The van der Waals surface area contributed by atoms with Crippen molar-refractivity contribution in [3.05, 3.63) is 0 Å². The first-order valence-electron chi connectivity index (χ1n) is 6.21. The predicted octanol–water partition coefficient (Wildman–Crippen LogP) is 0.206. The lowest BCUT2D eigenvalue weighted by atomic mass is 10.2. The lowest BCUT2D eigenvalue weighted by molar-refractivity contribution is 0.0913. The molecule has 1 atom stereocenters. The molecule has 5 heteroatoms. The van der Waals surface area contributed by atoms with E-state index in [9.17, 15) is 0 Å². The Morgan fingerprint density at radius 1 is 1.00 bits per heavy atom. The number of ether oxygens (including phenoxy) is 3. The number of nitrogens with zero attached hydrogens (tertiary/aromatic N) is 1. The SMILES string of the molecule is CCNC(COC)CN(CCOC)CCOC. The molecule has 0 aromatic heterocycles. The zero-order valence-electron chi connectivity index (χ0n) is 11.7. The van der Waals surface area contributed by atoms with Gasteiger partial charge in [0.15, 0.2) is 0 Å². The maximum absolute atomic E-state index is 5.21. The second-order valence-corrected chi connectivity index (χ2v) is 4.00. The monoisotopic (exact) mass is 248 g/mol. The van der Waals surface area contributed by atoms with E-state index in [2.05, 4.69) is 17.1 Å². The van der Waals surface area contributed by atoms with Gasteiger partial charge in [-0.15, -0.1) is 0 Å². The lowest BCUT2D eigenvalue weighted by Gasteiger charge is -2.27. The summed E-state index contributed by atoms with van der Waals surface area (Å²) in [7, 11) is 5.19. The molecule has 0 heterocycles. The molecular weight excluding hydrogens is 220 g/mol. The normalized spacial score (nSPS) is 13.2. The molecule has 0 radical (unpaired) electrons. The molecule has 17 heavy (non-hydrogen) atoms. The molecule has 0 fully saturated rings. The van der Waals surface area contributed by atoms with Crippen LogP contribution in [0, 0.1) is 0 Å². The second kappa shape index (κ2) is 12.3. The summed E-state index contributed by atoms with van der Waals surface area (Å²) in [6.07, 6.45) is 0. The van der Waals surface area contributed by atoms with Crippen LogP contribution < -0.4 is 5.32 Å². The summed E-state index contributed by atoms with van der Waals surface area (Å²) in [6, 6.07) is 0.360. The molecule has 0 bridgehead atoms. The van der Waals surface area contributed by atoms with E-state index in [1.54, 1.807) is 21.3 Å². The van der Waals surface area contributed by atoms with Gasteiger partial charge in [0.05, 0.1) is 19.8 Å². The van der Waals surface area contributed by atoms with E-state index in [1.165, 1.54) is 0 Å². The van der Waals surface area contributed by atoms with Crippen molar-refractivity contribution in [3.8, 4) is 0 Å². The third-order valence-corrected chi connectivity index (χ3v) is 2.56. The fourth-order valence-electron chi connectivity index (χ4n) is 1.71. The summed E-state index contributed by atoms with van der Waals surface area (Å²) in [4.78, 5) is 2.33. The second-order valence-electron chi connectivity index (χ2n) is 4.00. The van der Waals surface area contributed by atoms with Gasteiger partial charge in [-0.05, 0) is 6.54 Å². The standard InChI is InChI=1S/C12H28N2O3/c1-5-13-12(11-17-4)10-14(6-8-15-2)7-9-16-3/h12-13H,5-11H2,1-4H3. The van der Waals surface area contributed by atoms with Gasteiger partial charge in [0.25, 0.3) is 0 Å². The fourth-order valence-corrected chi connectivity index (χ4v) is 1.71. The largest absolute Gasteiger partial charge is 0.383 e. The third-order valence-electron chi connectivity index (χ3n) is 2.56. The number of likely N-dealkylation sites (N-methyl/N-ethyl adjacent to an activating group) is 1. The van der Waals surface area contributed by atoms with Crippen molar-refractivity contribution in [2.24, 2.45) is 0 Å². The Labute approximate surface area is 105 Å². The van der Waals surface area contributed by atoms with E-state index in [-0.39, 0.29) is 0 Å². The Bertz CT molecular complexity index is 145. The van der Waals surface area contributed by atoms with Gasteiger partial charge in [-0.2, -0.15) is 0 Å². The van der Waals surface area contributed by atoms with Crippen LogP contribution in [0.15, 0.2) is 0 Å². The van der Waals surface area contributed by atoms with Crippen LogP contribution in [0.3, 0.4) is 0 Å². The van der Waals surface area contributed by atoms with Crippen molar-refractivity contribution in [1.82, 2.24) is 10.2 Å². The average molecular weight is 248 g/mol. The minimum atomic E-state index is 0.360. The van der Waals surface area contributed by atoms with Gasteiger partial charge >= 0.3 is 0 Å². The Hall–Kier alpha value is -0.200. The highest BCUT2D eigenvalue weighted by atomic mass is 16.5. The van der Waals surface area contributed by atoms with E-state index in [1.807, 2.05) is 0 Å². The highest BCUT2D eigenvalue weighted by Crippen LogP contribution is 1.95. The highest BCUT2D eigenvalue weighted by Gasteiger charge is 2.12. The molecule has 0 aliphatic heterocycles. The average Bonchev–Trinajstić information content (AvgIpc) is 2.33. The quantitative estimate of drug-likeness (QED) is 0.535. The minimum Gasteiger partial charge on any atom is -0.383 e. The molecule has 0 spiro atoms. The third kappa shape index (κ3) is 9.50. The molecule has 0 aromatic carbocycles. The number of nitrogens with one attached hydrogen (secondary N) is 1. The Balaban J connectivity index is 4.04. The van der Waals surface area contributed by atoms with Gasteiger partial charge in [-0.1, -0.05) is 6.92 Å². The number of hydrogen-bond donors (Lipinski definition) is 1. The first-order chi connectivity index (χ1) is 8.28. The maximum Gasteiger partial charge on any atom is 0.0628 e. The van der Waals surface area contributed by atoms with Crippen molar-refractivity contribution in [1.29, 1.82) is 0 Å². The summed E-state index contributed by atoms with van der Waals surface area (Å²) in [6.45, 7) is 8.08. The highest BCUT2D eigenvalue weighted by molar-refractivity contribution is 4.71. The van der Waals surface area contributed by atoms with Crippen molar-refractivity contribution >= 4 is 0 Å². The molecule has 5 nitrogen and oxygen atoms in total. The molecule has 0 aromatic rings. The lowest BCUT2D eigenvalue weighted by Crippen LogP contribution is -2.45. The van der Waals surface area contributed by atoms with Gasteiger partial charge in [0, 0.05) is 47.0 Å². The first kappa shape index (κ1) is 16.8. The minimum absolute atomic E-state index is 0.360. The maximum atomic E-state index is 5.21. The summed E-state index contributed by atoms with van der Waals surface area (Å²) in [5, 5.41) is 3.42. The molecule has 0 saturated heterocycles. The van der Waals surface area contributed by atoms with E-state index in [0.717, 1.165) is 46.0 Å². The van der Waals surface area contributed by atoms with Crippen molar-refractivity contribution in [2.45, 2.75) is 13.0 Å². The van der Waals surface area contributed by atoms with Crippen LogP contribution in [0.1, 0.15) is 6.92 Å². The molecule has 0 aliphatic carbocycles. The molecule has 0 rings (SSSR count). The fraction of sp³-hybridized carbons (Fsp3) is 1.00. The molecule has 1 N–H and O–H groups in total. The molecule has 0 saturated carbocycles. The zero-order chi connectivity index (χ0) is 12.9. The Kier molecular flexibility index (Phi) is 12.1. The number of hydrogen-bond acceptors (Lipinski definition) is 5. The van der Waals surface area contributed by atoms with Crippen molar-refractivity contribution < 1.29 is 14.2 Å². The summed E-state index contributed by atoms with van der Waals surface area (Å²) in [5.74, 6) is 0. The smallest absolute Gasteiger partial charge is 0.0628 e. The Morgan fingerprint density at radius 2 is 1.59 bits per heavy atom. The molecule has 1 unspecified atom stereocenters. The van der Waals surface area contributed by atoms with Crippen LogP contribution in [0.4, 0.5) is 0 Å². The van der Waals surface area contributed by atoms with Crippen LogP contribution in [0.25, 0.3) is 0 Å². The Morgan fingerprint density at radius 3 is 2.00 bits per heavy atom. The van der Waals surface area contributed by atoms with Gasteiger partial charge in [0.2, 0.25) is 0 Å². The van der Waals surface area contributed by atoms with Gasteiger partial charge in [-0.3, -0.25) is 4.90 Å². The van der Waals surface area contributed by atoms with Gasteiger partial charge in [-0.25, -0.2) is 0 Å². The van der Waals surface area contributed by atoms with Crippen molar-refractivity contribution in [3.63, 3.8) is 0 Å². The van der Waals surface area contributed by atoms with Crippen molar-refractivity contribution in [2.75, 3.05) is 67.3 Å². The topological polar surface area (TPSA) is 43.0 Å².